The fourth-order valence-electron chi connectivity index (χ4n) is 2.05. The van der Waals surface area contributed by atoms with Crippen LogP contribution in [0.1, 0.15) is 10.6 Å². The minimum atomic E-state index is -0.378. The van der Waals surface area contributed by atoms with Crippen molar-refractivity contribution in [3.05, 3.63) is 75.4 Å². The van der Waals surface area contributed by atoms with Crippen LogP contribution in [0.2, 0.25) is 15.1 Å². The Bertz CT molecular complexity index is 874. The molecule has 3 rings (SSSR count). The van der Waals surface area contributed by atoms with Gasteiger partial charge in [0.05, 0.1) is 5.02 Å². The summed E-state index contributed by atoms with van der Waals surface area (Å²) in [5.74, 6) is 0.251. The second-order valence-corrected chi connectivity index (χ2v) is 6.03. The topological polar surface area (TPSA) is 42.2 Å². The summed E-state index contributed by atoms with van der Waals surface area (Å²) in [4.78, 5) is 12.2. The van der Waals surface area contributed by atoms with Crippen LogP contribution in [-0.4, -0.2) is 5.91 Å². The van der Waals surface area contributed by atoms with Crippen molar-refractivity contribution in [2.45, 2.75) is 0 Å². The Hall–Kier alpha value is -1.94. The van der Waals surface area contributed by atoms with E-state index in [1.54, 1.807) is 54.6 Å². The molecule has 6 heteroatoms. The number of anilines is 1. The Morgan fingerprint density at radius 1 is 0.913 bits per heavy atom. The van der Waals surface area contributed by atoms with E-state index < -0.39 is 0 Å². The van der Waals surface area contributed by atoms with Gasteiger partial charge in [-0.1, -0.05) is 40.9 Å². The van der Waals surface area contributed by atoms with Crippen molar-refractivity contribution in [2.75, 3.05) is 5.32 Å². The van der Waals surface area contributed by atoms with E-state index in [2.05, 4.69) is 5.32 Å². The quantitative estimate of drug-likeness (QED) is 0.603. The number of hydrogen-bond acceptors (Lipinski definition) is 2. The average Bonchev–Trinajstić information content (AvgIpc) is 2.99. The summed E-state index contributed by atoms with van der Waals surface area (Å²) in [6.07, 6.45) is 0. The molecule has 0 saturated carbocycles. The molecule has 0 atom stereocenters. The molecule has 0 saturated heterocycles. The summed E-state index contributed by atoms with van der Waals surface area (Å²) < 4.78 is 5.58. The van der Waals surface area contributed by atoms with Crippen LogP contribution in [0.25, 0.3) is 11.3 Å². The highest BCUT2D eigenvalue weighted by Crippen LogP contribution is 2.32. The van der Waals surface area contributed by atoms with Crippen LogP contribution in [0.4, 0.5) is 5.69 Å². The normalized spacial score (nSPS) is 10.6. The lowest BCUT2D eigenvalue weighted by atomic mass is 10.2. The molecule has 0 bridgehead atoms. The van der Waals surface area contributed by atoms with Crippen LogP contribution in [-0.2, 0) is 0 Å². The zero-order chi connectivity index (χ0) is 16.4. The van der Waals surface area contributed by atoms with Crippen molar-refractivity contribution in [1.29, 1.82) is 0 Å². The first kappa shape index (κ1) is 15.9. The molecule has 0 unspecified atom stereocenters. The molecule has 1 heterocycles. The number of amides is 1. The third-order valence-electron chi connectivity index (χ3n) is 3.11. The van der Waals surface area contributed by atoms with Gasteiger partial charge >= 0.3 is 0 Å². The molecule has 0 aliphatic rings. The van der Waals surface area contributed by atoms with E-state index in [9.17, 15) is 4.79 Å². The van der Waals surface area contributed by atoms with Gasteiger partial charge < -0.3 is 9.73 Å². The molecule has 23 heavy (non-hydrogen) atoms. The standard InChI is InChI=1S/C17H10Cl3NO2/c18-10-2-1-3-12(8-10)21-17(22)16-7-6-15(23-16)13-9-11(19)4-5-14(13)20/h1-9H,(H,21,22). The first-order chi connectivity index (χ1) is 11.0. The molecular weight excluding hydrogens is 357 g/mol. The molecule has 3 aromatic rings. The summed E-state index contributed by atoms with van der Waals surface area (Å²) in [7, 11) is 0. The summed E-state index contributed by atoms with van der Waals surface area (Å²) in [5, 5.41) is 4.27. The number of furan rings is 1. The summed E-state index contributed by atoms with van der Waals surface area (Å²) in [6.45, 7) is 0. The molecular formula is C17H10Cl3NO2. The van der Waals surface area contributed by atoms with E-state index in [1.807, 2.05) is 0 Å². The number of rotatable bonds is 3. The van der Waals surface area contributed by atoms with Crippen LogP contribution in [0.3, 0.4) is 0 Å². The Labute approximate surface area is 147 Å². The molecule has 3 nitrogen and oxygen atoms in total. The van der Waals surface area contributed by atoms with Crippen molar-refractivity contribution in [3.8, 4) is 11.3 Å². The predicted octanol–water partition coefficient (Wildman–Crippen LogP) is 6.16. The second-order valence-electron chi connectivity index (χ2n) is 4.75. The fourth-order valence-corrected chi connectivity index (χ4v) is 2.62. The fraction of sp³-hybridized carbons (Fsp3) is 0. The van der Waals surface area contributed by atoms with E-state index in [0.29, 0.717) is 32.1 Å². The van der Waals surface area contributed by atoms with E-state index in [-0.39, 0.29) is 11.7 Å². The second kappa shape index (κ2) is 6.67. The van der Waals surface area contributed by atoms with Gasteiger partial charge in [-0.2, -0.15) is 0 Å². The summed E-state index contributed by atoms with van der Waals surface area (Å²) >= 11 is 18.0. The molecule has 0 aliphatic heterocycles. The first-order valence-corrected chi connectivity index (χ1v) is 7.78. The molecule has 0 radical (unpaired) electrons. The zero-order valence-corrected chi connectivity index (χ0v) is 13.9. The summed E-state index contributed by atoms with van der Waals surface area (Å²) in [6, 6.07) is 15.1. The van der Waals surface area contributed by atoms with Crippen molar-refractivity contribution in [1.82, 2.24) is 0 Å². The van der Waals surface area contributed by atoms with Crippen molar-refractivity contribution in [3.63, 3.8) is 0 Å². The van der Waals surface area contributed by atoms with Gasteiger partial charge in [0.15, 0.2) is 5.76 Å². The van der Waals surface area contributed by atoms with E-state index in [1.165, 1.54) is 0 Å². The lowest BCUT2D eigenvalue weighted by molar-refractivity contribution is 0.0997. The highest BCUT2D eigenvalue weighted by molar-refractivity contribution is 6.35. The van der Waals surface area contributed by atoms with Gasteiger partial charge in [-0.05, 0) is 48.5 Å². The van der Waals surface area contributed by atoms with Gasteiger partial charge in [0.25, 0.3) is 5.91 Å². The lowest BCUT2D eigenvalue weighted by Gasteiger charge is -2.04. The molecule has 1 amide bonds. The van der Waals surface area contributed by atoms with Crippen LogP contribution < -0.4 is 5.32 Å². The zero-order valence-electron chi connectivity index (χ0n) is 11.6. The van der Waals surface area contributed by atoms with Gasteiger partial charge in [-0.3, -0.25) is 4.79 Å². The maximum atomic E-state index is 12.2. The van der Waals surface area contributed by atoms with E-state index in [0.717, 1.165) is 0 Å². The number of hydrogen-bond donors (Lipinski definition) is 1. The Morgan fingerprint density at radius 2 is 1.70 bits per heavy atom. The molecule has 0 aliphatic carbocycles. The summed E-state index contributed by atoms with van der Waals surface area (Å²) in [5.41, 5.74) is 1.21. The van der Waals surface area contributed by atoms with Crippen molar-refractivity contribution >= 4 is 46.4 Å². The average molecular weight is 367 g/mol. The Balaban J connectivity index is 1.84. The minimum Gasteiger partial charge on any atom is -0.451 e. The lowest BCUT2D eigenvalue weighted by Crippen LogP contribution is -2.10. The molecule has 2 aromatic carbocycles. The Kier molecular flexibility index (Phi) is 4.62. The first-order valence-electron chi connectivity index (χ1n) is 6.65. The van der Waals surface area contributed by atoms with E-state index in [4.69, 9.17) is 39.2 Å². The maximum Gasteiger partial charge on any atom is 0.291 e. The monoisotopic (exact) mass is 365 g/mol. The van der Waals surface area contributed by atoms with Crippen LogP contribution in [0.5, 0.6) is 0 Å². The molecule has 116 valence electrons. The smallest absolute Gasteiger partial charge is 0.291 e. The third-order valence-corrected chi connectivity index (χ3v) is 3.91. The van der Waals surface area contributed by atoms with Crippen LogP contribution in [0, 0.1) is 0 Å². The van der Waals surface area contributed by atoms with Gasteiger partial charge in [-0.25, -0.2) is 0 Å². The van der Waals surface area contributed by atoms with Gasteiger partial charge in [0, 0.05) is 21.3 Å². The molecule has 0 fully saturated rings. The third kappa shape index (κ3) is 3.70. The number of halogens is 3. The predicted molar refractivity (Wildman–Crippen MR) is 93.6 cm³/mol. The molecule has 1 aromatic heterocycles. The maximum absolute atomic E-state index is 12.2. The SMILES string of the molecule is O=C(Nc1cccc(Cl)c1)c1ccc(-c2cc(Cl)ccc2Cl)o1. The van der Waals surface area contributed by atoms with Crippen molar-refractivity contribution < 1.29 is 9.21 Å². The number of nitrogens with one attached hydrogen (secondary N) is 1. The number of carbonyl (C=O) groups is 1. The largest absolute Gasteiger partial charge is 0.451 e. The van der Waals surface area contributed by atoms with Gasteiger partial charge in [0.1, 0.15) is 5.76 Å². The van der Waals surface area contributed by atoms with Crippen molar-refractivity contribution in [2.24, 2.45) is 0 Å². The van der Waals surface area contributed by atoms with Crippen LogP contribution >= 0.6 is 34.8 Å². The molecule has 1 N–H and O–H groups in total. The number of carbonyl (C=O) groups excluding carboxylic acids is 1. The highest BCUT2D eigenvalue weighted by atomic mass is 35.5. The minimum absolute atomic E-state index is 0.163. The number of benzene rings is 2. The van der Waals surface area contributed by atoms with E-state index >= 15 is 0 Å². The molecule has 0 spiro atoms. The Morgan fingerprint density at radius 3 is 2.48 bits per heavy atom. The van der Waals surface area contributed by atoms with Gasteiger partial charge in [-0.15, -0.1) is 0 Å². The van der Waals surface area contributed by atoms with Crippen LogP contribution in [0.15, 0.2) is 59.0 Å². The highest BCUT2D eigenvalue weighted by Gasteiger charge is 2.14. The van der Waals surface area contributed by atoms with Gasteiger partial charge in [0.2, 0.25) is 0 Å².